The Morgan fingerprint density at radius 1 is 1.69 bits per heavy atom. The van der Waals surface area contributed by atoms with Crippen molar-refractivity contribution < 1.29 is 5.11 Å². The first-order chi connectivity index (χ1) is 5.70. The van der Waals surface area contributed by atoms with Crippen LogP contribution in [0.15, 0.2) is 18.3 Å². The van der Waals surface area contributed by atoms with E-state index in [1.54, 1.807) is 18.3 Å². The molecule has 13 heavy (non-hydrogen) atoms. The van der Waals surface area contributed by atoms with Crippen molar-refractivity contribution >= 4 is 29.3 Å². The second-order valence-corrected chi connectivity index (χ2v) is 3.14. The van der Waals surface area contributed by atoms with Crippen LogP contribution in [0.25, 0.3) is 0 Å². The molecule has 0 unspecified atom stereocenters. The lowest BCUT2D eigenvalue weighted by Crippen LogP contribution is -2.04. The van der Waals surface area contributed by atoms with E-state index in [1.807, 2.05) is 0 Å². The first-order valence-electron chi connectivity index (χ1n) is 3.30. The van der Waals surface area contributed by atoms with Crippen LogP contribution >= 0.6 is 24.2 Å². The van der Waals surface area contributed by atoms with Crippen molar-refractivity contribution in [1.29, 1.82) is 5.41 Å². The van der Waals surface area contributed by atoms with E-state index in [0.29, 0.717) is 11.4 Å². The summed E-state index contributed by atoms with van der Waals surface area (Å²) in [5.74, 6) is 0.577. The molecule has 0 fully saturated rings. The molecule has 0 aliphatic rings. The Balaban J connectivity index is 0.00000144. The van der Waals surface area contributed by atoms with Crippen LogP contribution in [0.4, 0.5) is 0 Å². The maximum atomic E-state index is 9.24. The van der Waals surface area contributed by atoms with Gasteiger partial charge in [0.05, 0.1) is 5.69 Å². The number of nitrogens with two attached hydrogens (primary N) is 1. The standard InChI is InChI=1S/C7H9N3OS.ClH/c8-7(9)12-4-5-6(11)2-1-3-10-5;/h1-3,11H,4H2,(H3,8,9);1H. The number of hydrogen-bond donors (Lipinski definition) is 3. The summed E-state index contributed by atoms with van der Waals surface area (Å²) in [6, 6.07) is 3.21. The van der Waals surface area contributed by atoms with Crippen LogP contribution in [-0.4, -0.2) is 15.3 Å². The molecular weight excluding hydrogens is 210 g/mol. The summed E-state index contributed by atoms with van der Waals surface area (Å²) in [6.45, 7) is 0. The van der Waals surface area contributed by atoms with Crippen molar-refractivity contribution in [3.05, 3.63) is 24.0 Å². The molecule has 0 amide bonds. The molecule has 0 bridgehead atoms. The van der Waals surface area contributed by atoms with Crippen LogP contribution in [0.5, 0.6) is 5.75 Å². The number of pyridine rings is 1. The fraction of sp³-hybridized carbons (Fsp3) is 0.143. The number of halogens is 1. The van der Waals surface area contributed by atoms with Crippen LogP contribution in [0.1, 0.15) is 5.69 Å². The minimum Gasteiger partial charge on any atom is -0.506 e. The van der Waals surface area contributed by atoms with Crippen LogP contribution in [0.2, 0.25) is 0 Å². The normalized spacial score (nSPS) is 8.92. The minimum atomic E-state index is 0. The zero-order valence-electron chi connectivity index (χ0n) is 6.73. The van der Waals surface area contributed by atoms with Gasteiger partial charge in [0.25, 0.3) is 0 Å². The van der Waals surface area contributed by atoms with Gasteiger partial charge in [0, 0.05) is 11.9 Å². The summed E-state index contributed by atoms with van der Waals surface area (Å²) in [4.78, 5) is 3.93. The van der Waals surface area contributed by atoms with Gasteiger partial charge in [-0.1, -0.05) is 11.8 Å². The van der Waals surface area contributed by atoms with E-state index in [4.69, 9.17) is 11.1 Å². The molecule has 6 heteroatoms. The Labute approximate surface area is 86.5 Å². The lowest BCUT2D eigenvalue weighted by molar-refractivity contribution is 0.467. The first-order valence-corrected chi connectivity index (χ1v) is 4.28. The number of thioether (sulfide) groups is 1. The molecule has 1 aromatic heterocycles. The Kier molecular flexibility index (Phi) is 5.25. The predicted molar refractivity (Wildman–Crippen MR) is 56.4 cm³/mol. The summed E-state index contributed by atoms with van der Waals surface area (Å²) < 4.78 is 0. The first kappa shape index (κ1) is 12.1. The molecule has 4 N–H and O–H groups in total. The number of nitrogens with zero attached hydrogens (tertiary/aromatic N) is 1. The van der Waals surface area contributed by atoms with Crippen molar-refractivity contribution in [2.75, 3.05) is 0 Å². The number of nitrogens with one attached hydrogen (secondary N) is 1. The third kappa shape index (κ3) is 4.00. The van der Waals surface area contributed by atoms with Crippen LogP contribution < -0.4 is 5.73 Å². The van der Waals surface area contributed by atoms with Crippen molar-refractivity contribution in [2.45, 2.75) is 5.75 Å². The highest BCUT2D eigenvalue weighted by Crippen LogP contribution is 2.18. The number of hydrogen-bond acceptors (Lipinski definition) is 4. The third-order valence-electron chi connectivity index (χ3n) is 1.23. The van der Waals surface area contributed by atoms with Crippen molar-refractivity contribution in [3.63, 3.8) is 0 Å². The quantitative estimate of drug-likeness (QED) is 0.518. The van der Waals surface area contributed by atoms with E-state index < -0.39 is 0 Å². The smallest absolute Gasteiger partial charge is 0.151 e. The van der Waals surface area contributed by atoms with E-state index in [-0.39, 0.29) is 23.3 Å². The zero-order chi connectivity index (χ0) is 8.97. The van der Waals surface area contributed by atoms with Gasteiger partial charge < -0.3 is 10.8 Å². The van der Waals surface area contributed by atoms with Gasteiger partial charge in [0.2, 0.25) is 0 Å². The van der Waals surface area contributed by atoms with Crippen LogP contribution in [0, 0.1) is 5.41 Å². The van der Waals surface area contributed by atoms with Gasteiger partial charge in [-0.25, -0.2) is 0 Å². The number of aromatic hydroxyl groups is 1. The van der Waals surface area contributed by atoms with Crippen LogP contribution in [-0.2, 0) is 5.75 Å². The molecule has 0 atom stereocenters. The van der Waals surface area contributed by atoms with Gasteiger partial charge in [0.1, 0.15) is 5.75 Å². The van der Waals surface area contributed by atoms with E-state index in [1.165, 1.54) is 0 Å². The SMILES string of the molecule is Cl.N=C(N)SCc1ncccc1O. The van der Waals surface area contributed by atoms with Gasteiger partial charge in [-0.15, -0.1) is 12.4 Å². The molecule has 0 saturated heterocycles. The van der Waals surface area contributed by atoms with E-state index in [0.717, 1.165) is 11.8 Å². The summed E-state index contributed by atoms with van der Waals surface area (Å²) >= 11 is 1.14. The van der Waals surface area contributed by atoms with E-state index >= 15 is 0 Å². The second kappa shape index (κ2) is 5.66. The average molecular weight is 220 g/mol. The Hall–Kier alpha value is -0.940. The van der Waals surface area contributed by atoms with Crippen LogP contribution in [0.3, 0.4) is 0 Å². The lowest BCUT2D eigenvalue weighted by atomic mass is 10.3. The van der Waals surface area contributed by atoms with Gasteiger partial charge >= 0.3 is 0 Å². The Morgan fingerprint density at radius 3 is 2.92 bits per heavy atom. The van der Waals surface area contributed by atoms with Gasteiger partial charge in [-0.05, 0) is 12.1 Å². The molecular formula is C7H10ClN3OS. The minimum absolute atomic E-state index is 0. The summed E-state index contributed by atoms with van der Waals surface area (Å²) in [5, 5.41) is 16.2. The van der Waals surface area contributed by atoms with Crippen molar-refractivity contribution in [1.82, 2.24) is 4.98 Å². The molecule has 0 aromatic carbocycles. The zero-order valence-corrected chi connectivity index (χ0v) is 8.36. The topological polar surface area (TPSA) is 83.0 Å². The molecule has 0 aliphatic carbocycles. The average Bonchev–Trinajstić information content (AvgIpc) is 2.03. The molecule has 1 heterocycles. The molecule has 1 aromatic rings. The Bertz CT molecular complexity index is 295. The van der Waals surface area contributed by atoms with E-state index in [2.05, 4.69) is 4.98 Å². The fourth-order valence-corrected chi connectivity index (χ4v) is 1.20. The molecule has 0 saturated carbocycles. The monoisotopic (exact) mass is 219 g/mol. The molecule has 0 spiro atoms. The molecule has 72 valence electrons. The lowest BCUT2D eigenvalue weighted by Gasteiger charge is -2.00. The predicted octanol–water partition coefficient (Wildman–Crippen LogP) is 1.34. The second-order valence-electron chi connectivity index (χ2n) is 2.12. The highest BCUT2D eigenvalue weighted by molar-refractivity contribution is 8.13. The summed E-state index contributed by atoms with van der Waals surface area (Å²) in [5.41, 5.74) is 5.68. The number of amidine groups is 1. The van der Waals surface area contributed by atoms with Crippen molar-refractivity contribution in [2.24, 2.45) is 5.73 Å². The molecule has 0 aliphatic heterocycles. The molecule has 4 nitrogen and oxygen atoms in total. The van der Waals surface area contributed by atoms with Gasteiger partial charge in [-0.3, -0.25) is 10.4 Å². The molecule has 0 radical (unpaired) electrons. The highest BCUT2D eigenvalue weighted by atomic mass is 35.5. The third-order valence-corrected chi connectivity index (χ3v) is 1.96. The van der Waals surface area contributed by atoms with Gasteiger partial charge in [0.15, 0.2) is 5.17 Å². The Morgan fingerprint density at radius 2 is 2.38 bits per heavy atom. The summed E-state index contributed by atoms with van der Waals surface area (Å²) in [6.07, 6.45) is 1.59. The van der Waals surface area contributed by atoms with E-state index in [9.17, 15) is 5.11 Å². The maximum absolute atomic E-state index is 9.24. The fourth-order valence-electron chi connectivity index (χ4n) is 0.687. The largest absolute Gasteiger partial charge is 0.506 e. The number of rotatable bonds is 2. The van der Waals surface area contributed by atoms with Crippen molar-refractivity contribution in [3.8, 4) is 5.75 Å². The maximum Gasteiger partial charge on any atom is 0.151 e. The highest BCUT2D eigenvalue weighted by Gasteiger charge is 2.01. The molecule has 1 rings (SSSR count). The number of aromatic nitrogens is 1. The van der Waals surface area contributed by atoms with Gasteiger partial charge in [-0.2, -0.15) is 0 Å². The summed E-state index contributed by atoms with van der Waals surface area (Å²) in [7, 11) is 0.